The van der Waals surface area contributed by atoms with Gasteiger partial charge in [0.05, 0.1) is 0 Å². The molecule has 0 aliphatic rings. The number of hydrogen-bond donors (Lipinski definition) is 3. The van der Waals surface area contributed by atoms with Gasteiger partial charge in [-0.1, -0.05) is 0 Å². The number of nitrogens with one attached hydrogen (secondary N) is 1. The maximum absolute atomic E-state index is 11.8. The Kier molecular flexibility index (Phi) is 4.39. The molecule has 1 aromatic heterocycles. The molecule has 6 heteroatoms. The number of carboxylic acids is 1. The number of carbonyl (C=O) groups is 2. The molecule has 5 nitrogen and oxygen atoms in total. The van der Waals surface area contributed by atoms with Gasteiger partial charge in [0.15, 0.2) is 0 Å². The summed E-state index contributed by atoms with van der Waals surface area (Å²) in [7, 11) is 0. The van der Waals surface area contributed by atoms with E-state index in [1.807, 2.05) is 18.4 Å². The van der Waals surface area contributed by atoms with E-state index in [9.17, 15) is 14.7 Å². The number of aryl methyl sites for hydroxylation is 1. The summed E-state index contributed by atoms with van der Waals surface area (Å²) in [5.74, 6) is -1.97. The van der Waals surface area contributed by atoms with Crippen LogP contribution in [0.1, 0.15) is 20.8 Å². The number of aromatic carboxylic acids is 1. The van der Waals surface area contributed by atoms with Crippen molar-refractivity contribution in [2.24, 2.45) is 0 Å². The number of aromatic hydroxyl groups is 1. The van der Waals surface area contributed by atoms with Crippen molar-refractivity contribution in [2.45, 2.75) is 6.92 Å². The Labute approximate surface area is 125 Å². The number of phenols is 1. The minimum Gasteiger partial charge on any atom is -0.507 e. The van der Waals surface area contributed by atoms with Crippen molar-refractivity contribution in [2.75, 3.05) is 5.32 Å². The van der Waals surface area contributed by atoms with Gasteiger partial charge in [-0.3, -0.25) is 4.79 Å². The largest absolute Gasteiger partial charge is 0.507 e. The van der Waals surface area contributed by atoms with Crippen LogP contribution in [-0.4, -0.2) is 22.1 Å². The van der Waals surface area contributed by atoms with Gasteiger partial charge in [-0.25, -0.2) is 4.79 Å². The first-order chi connectivity index (χ1) is 9.97. The standard InChI is InChI=1S/C15H13NO4S/c1-9-6-7-21-13(9)4-5-14(18)16-10-2-3-12(17)11(8-10)15(19)20/h2-8,17H,1H3,(H,16,18)(H,19,20)/b5-4+. The van der Waals surface area contributed by atoms with Crippen LogP contribution in [0.2, 0.25) is 0 Å². The Hall–Kier alpha value is -2.60. The Morgan fingerprint density at radius 2 is 2.05 bits per heavy atom. The Bertz CT molecular complexity index is 718. The van der Waals surface area contributed by atoms with Crippen LogP contribution in [0.25, 0.3) is 6.08 Å². The van der Waals surface area contributed by atoms with E-state index >= 15 is 0 Å². The van der Waals surface area contributed by atoms with Crippen molar-refractivity contribution >= 4 is 35.0 Å². The summed E-state index contributed by atoms with van der Waals surface area (Å²) in [6, 6.07) is 5.83. The zero-order valence-corrected chi connectivity index (χ0v) is 12.0. The predicted molar refractivity (Wildman–Crippen MR) is 81.8 cm³/mol. The summed E-state index contributed by atoms with van der Waals surface area (Å²) < 4.78 is 0. The van der Waals surface area contributed by atoms with Gasteiger partial charge >= 0.3 is 5.97 Å². The number of amides is 1. The number of carboxylic acid groups (broad SMARTS) is 1. The van der Waals surface area contributed by atoms with E-state index in [-0.39, 0.29) is 17.2 Å². The topological polar surface area (TPSA) is 86.6 Å². The first kappa shape index (κ1) is 14.8. The van der Waals surface area contributed by atoms with E-state index in [2.05, 4.69) is 5.32 Å². The predicted octanol–water partition coefficient (Wildman–Crippen LogP) is 3.11. The maximum Gasteiger partial charge on any atom is 0.339 e. The smallest absolute Gasteiger partial charge is 0.339 e. The molecule has 0 aliphatic heterocycles. The van der Waals surface area contributed by atoms with E-state index in [1.54, 1.807) is 6.08 Å². The third kappa shape index (κ3) is 3.70. The Morgan fingerprint density at radius 3 is 2.67 bits per heavy atom. The van der Waals surface area contributed by atoms with Crippen LogP contribution in [-0.2, 0) is 4.79 Å². The molecule has 3 N–H and O–H groups in total. The number of thiophene rings is 1. The minimum atomic E-state index is -1.26. The van der Waals surface area contributed by atoms with Crippen molar-refractivity contribution in [1.82, 2.24) is 0 Å². The van der Waals surface area contributed by atoms with Crippen LogP contribution in [0.4, 0.5) is 5.69 Å². The molecule has 0 saturated carbocycles. The van der Waals surface area contributed by atoms with Crippen LogP contribution in [0.15, 0.2) is 35.7 Å². The quantitative estimate of drug-likeness (QED) is 0.598. The van der Waals surface area contributed by atoms with E-state index in [0.29, 0.717) is 5.69 Å². The van der Waals surface area contributed by atoms with Gasteiger partial charge in [0, 0.05) is 16.6 Å². The number of carbonyl (C=O) groups excluding carboxylic acids is 1. The van der Waals surface area contributed by atoms with E-state index < -0.39 is 5.97 Å². The monoisotopic (exact) mass is 303 g/mol. The maximum atomic E-state index is 11.8. The molecule has 21 heavy (non-hydrogen) atoms. The zero-order valence-electron chi connectivity index (χ0n) is 11.2. The van der Waals surface area contributed by atoms with Crippen molar-refractivity contribution in [3.05, 3.63) is 51.7 Å². The average Bonchev–Trinajstić information content (AvgIpc) is 2.84. The summed E-state index contributed by atoms with van der Waals surface area (Å²) in [6.45, 7) is 1.95. The second kappa shape index (κ2) is 6.23. The number of rotatable bonds is 4. The SMILES string of the molecule is Cc1ccsc1/C=C/C(=O)Nc1ccc(O)c(C(=O)O)c1. The number of hydrogen-bond acceptors (Lipinski definition) is 4. The molecule has 0 radical (unpaired) electrons. The van der Waals surface area contributed by atoms with Crippen molar-refractivity contribution < 1.29 is 19.8 Å². The van der Waals surface area contributed by atoms with E-state index in [0.717, 1.165) is 10.4 Å². The molecule has 108 valence electrons. The average molecular weight is 303 g/mol. The van der Waals surface area contributed by atoms with Gasteiger partial charge < -0.3 is 15.5 Å². The molecule has 0 bridgehead atoms. The summed E-state index contributed by atoms with van der Waals surface area (Å²) in [4.78, 5) is 23.7. The van der Waals surface area contributed by atoms with Crippen molar-refractivity contribution in [3.8, 4) is 5.75 Å². The summed E-state index contributed by atoms with van der Waals surface area (Å²) in [6.07, 6.45) is 3.08. The number of benzene rings is 1. The second-order valence-electron chi connectivity index (χ2n) is 4.33. The summed E-state index contributed by atoms with van der Waals surface area (Å²) >= 11 is 1.53. The third-order valence-corrected chi connectivity index (χ3v) is 3.77. The lowest BCUT2D eigenvalue weighted by atomic mass is 10.2. The first-order valence-electron chi connectivity index (χ1n) is 6.07. The van der Waals surface area contributed by atoms with Crippen molar-refractivity contribution in [3.63, 3.8) is 0 Å². The van der Waals surface area contributed by atoms with Gasteiger partial charge in [0.2, 0.25) is 5.91 Å². The summed E-state index contributed by atoms with van der Waals surface area (Å²) in [5.41, 5.74) is 1.13. The molecular weight excluding hydrogens is 290 g/mol. The third-order valence-electron chi connectivity index (χ3n) is 2.78. The lowest BCUT2D eigenvalue weighted by molar-refractivity contribution is -0.111. The fraction of sp³-hybridized carbons (Fsp3) is 0.0667. The van der Waals surface area contributed by atoms with Crippen LogP contribution in [0.3, 0.4) is 0 Å². The fourth-order valence-electron chi connectivity index (χ4n) is 1.68. The molecule has 0 fully saturated rings. The molecule has 1 amide bonds. The van der Waals surface area contributed by atoms with Gasteiger partial charge in [0.1, 0.15) is 11.3 Å². The van der Waals surface area contributed by atoms with Gasteiger partial charge in [0.25, 0.3) is 0 Å². The molecule has 2 aromatic rings. The van der Waals surface area contributed by atoms with Gasteiger partial charge in [-0.05, 0) is 48.2 Å². The highest BCUT2D eigenvalue weighted by Crippen LogP contribution is 2.21. The Morgan fingerprint density at radius 1 is 1.29 bits per heavy atom. The minimum absolute atomic E-state index is 0.258. The Balaban J connectivity index is 2.10. The van der Waals surface area contributed by atoms with Crippen LogP contribution in [0, 0.1) is 6.92 Å². The van der Waals surface area contributed by atoms with Crippen molar-refractivity contribution in [1.29, 1.82) is 0 Å². The first-order valence-corrected chi connectivity index (χ1v) is 6.95. The van der Waals surface area contributed by atoms with Crippen LogP contribution in [0.5, 0.6) is 5.75 Å². The van der Waals surface area contributed by atoms with Gasteiger partial charge in [-0.2, -0.15) is 0 Å². The molecule has 0 spiro atoms. The zero-order chi connectivity index (χ0) is 15.4. The molecular formula is C15H13NO4S. The molecule has 2 rings (SSSR count). The lowest BCUT2D eigenvalue weighted by Crippen LogP contribution is -2.08. The molecule has 0 unspecified atom stereocenters. The van der Waals surface area contributed by atoms with Crippen LogP contribution >= 0.6 is 11.3 Å². The normalized spacial score (nSPS) is 10.7. The van der Waals surface area contributed by atoms with Crippen LogP contribution < -0.4 is 5.32 Å². The summed E-state index contributed by atoms with van der Waals surface area (Å²) in [5, 5.41) is 22.8. The molecule has 1 heterocycles. The molecule has 0 aliphatic carbocycles. The fourth-order valence-corrected chi connectivity index (χ4v) is 2.49. The molecule has 1 aromatic carbocycles. The molecule has 0 saturated heterocycles. The highest BCUT2D eigenvalue weighted by atomic mass is 32.1. The second-order valence-corrected chi connectivity index (χ2v) is 5.28. The van der Waals surface area contributed by atoms with E-state index in [1.165, 1.54) is 35.6 Å². The highest BCUT2D eigenvalue weighted by Gasteiger charge is 2.10. The lowest BCUT2D eigenvalue weighted by Gasteiger charge is -2.05. The van der Waals surface area contributed by atoms with E-state index in [4.69, 9.17) is 5.11 Å². The highest BCUT2D eigenvalue weighted by molar-refractivity contribution is 7.11. The number of anilines is 1. The van der Waals surface area contributed by atoms with Gasteiger partial charge in [-0.15, -0.1) is 11.3 Å². The molecule has 0 atom stereocenters.